The van der Waals surface area contributed by atoms with Crippen LogP contribution in [0.5, 0.6) is 0 Å². The molecule has 2 amide bonds. The van der Waals surface area contributed by atoms with Crippen molar-refractivity contribution >= 4 is 11.8 Å². The van der Waals surface area contributed by atoms with E-state index in [0.717, 1.165) is 25.4 Å². The highest BCUT2D eigenvalue weighted by molar-refractivity contribution is 5.89. The fourth-order valence-electron chi connectivity index (χ4n) is 3.14. The molecule has 2 aliphatic rings. The molecule has 1 saturated carbocycles. The third kappa shape index (κ3) is 5.85. The van der Waals surface area contributed by atoms with Crippen molar-refractivity contribution in [3.8, 4) is 0 Å². The molecule has 1 unspecified atom stereocenters. The van der Waals surface area contributed by atoms with Crippen molar-refractivity contribution in [3.05, 3.63) is 35.9 Å². The van der Waals surface area contributed by atoms with E-state index in [1.807, 2.05) is 23.1 Å². The SMILES string of the molecule is O=C(NCCCOCC1CC1)C1CC(=O)N(CCc2ccccc2)C1. The van der Waals surface area contributed by atoms with Gasteiger partial charge in [-0.1, -0.05) is 30.3 Å². The Balaban J connectivity index is 1.31. The van der Waals surface area contributed by atoms with Crippen molar-refractivity contribution in [1.29, 1.82) is 0 Å². The normalized spacial score (nSPS) is 20.1. The van der Waals surface area contributed by atoms with E-state index in [-0.39, 0.29) is 17.7 Å². The Bertz CT molecular complexity index is 572. The van der Waals surface area contributed by atoms with Crippen LogP contribution in [0.3, 0.4) is 0 Å². The van der Waals surface area contributed by atoms with Gasteiger partial charge in [0.1, 0.15) is 0 Å². The van der Waals surface area contributed by atoms with Gasteiger partial charge < -0.3 is 15.0 Å². The number of amides is 2. The number of carbonyl (C=O) groups is 2. The molecule has 1 heterocycles. The first-order valence-electron chi connectivity index (χ1n) is 9.39. The van der Waals surface area contributed by atoms with Crippen LogP contribution in [0.4, 0.5) is 0 Å². The van der Waals surface area contributed by atoms with E-state index in [1.54, 1.807) is 0 Å². The molecule has 1 N–H and O–H groups in total. The number of benzene rings is 1. The lowest BCUT2D eigenvalue weighted by Crippen LogP contribution is -2.34. The average molecular weight is 344 g/mol. The van der Waals surface area contributed by atoms with E-state index in [9.17, 15) is 9.59 Å². The van der Waals surface area contributed by atoms with Crippen molar-refractivity contribution in [2.45, 2.75) is 32.1 Å². The molecule has 5 heteroatoms. The molecular formula is C20H28N2O3. The van der Waals surface area contributed by atoms with E-state index >= 15 is 0 Å². The highest BCUT2D eigenvalue weighted by atomic mass is 16.5. The first-order valence-corrected chi connectivity index (χ1v) is 9.39. The topological polar surface area (TPSA) is 58.6 Å². The Hall–Kier alpha value is -1.88. The molecule has 3 rings (SSSR count). The Morgan fingerprint density at radius 1 is 1.24 bits per heavy atom. The van der Waals surface area contributed by atoms with Gasteiger partial charge in [-0.15, -0.1) is 0 Å². The molecule has 1 atom stereocenters. The standard InChI is InChI=1S/C20H28N2O3/c23-19-13-18(14-22(19)11-9-16-5-2-1-3-6-16)20(24)21-10-4-12-25-15-17-7-8-17/h1-3,5-6,17-18H,4,7-15H2,(H,21,24). The Morgan fingerprint density at radius 2 is 2.04 bits per heavy atom. The predicted molar refractivity (Wildman–Crippen MR) is 96.0 cm³/mol. The fourth-order valence-corrected chi connectivity index (χ4v) is 3.14. The minimum absolute atomic E-state index is 0.00208. The molecule has 5 nitrogen and oxygen atoms in total. The molecule has 0 spiro atoms. The number of hydrogen-bond acceptors (Lipinski definition) is 3. The van der Waals surface area contributed by atoms with Crippen LogP contribution in [-0.2, 0) is 20.7 Å². The molecule has 1 aromatic carbocycles. The second kappa shape index (κ2) is 8.99. The average Bonchev–Trinajstić information content (AvgIpc) is 3.38. The third-order valence-electron chi connectivity index (χ3n) is 4.91. The Morgan fingerprint density at radius 3 is 2.80 bits per heavy atom. The molecule has 1 aliphatic heterocycles. The number of nitrogens with zero attached hydrogens (tertiary/aromatic N) is 1. The fraction of sp³-hybridized carbons (Fsp3) is 0.600. The highest BCUT2D eigenvalue weighted by Gasteiger charge is 2.33. The quantitative estimate of drug-likeness (QED) is 0.661. The van der Waals surface area contributed by atoms with Crippen LogP contribution >= 0.6 is 0 Å². The summed E-state index contributed by atoms with van der Waals surface area (Å²) in [4.78, 5) is 26.2. The summed E-state index contributed by atoms with van der Waals surface area (Å²) in [5, 5.41) is 2.95. The summed E-state index contributed by atoms with van der Waals surface area (Å²) >= 11 is 0. The zero-order valence-corrected chi connectivity index (χ0v) is 14.8. The van der Waals surface area contributed by atoms with Gasteiger partial charge >= 0.3 is 0 Å². The van der Waals surface area contributed by atoms with Gasteiger partial charge in [0.05, 0.1) is 5.92 Å². The summed E-state index contributed by atoms with van der Waals surface area (Å²) in [6.07, 6.45) is 4.59. The van der Waals surface area contributed by atoms with Crippen molar-refractivity contribution < 1.29 is 14.3 Å². The number of likely N-dealkylation sites (tertiary alicyclic amines) is 1. The summed E-state index contributed by atoms with van der Waals surface area (Å²) in [5.41, 5.74) is 1.22. The van der Waals surface area contributed by atoms with Crippen molar-refractivity contribution in [2.75, 3.05) is 32.8 Å². The second-order valence-corrected chi connectivity index (χ2v) is 7.14. The molecule has 1 saturated heterocycles. The molecule has 25 heavy (non-hydrogen) atoms. The monoisotopic (exact) mass is 344 g/mol. The van der Waals surface area contributed by atoms with Crippen LogP contribution in [0.2, 0.25) is 0 Å². The summed E-state index contributed by atoms with van der Waals surface area (Å²) in [5.74, 6) is 0.651. The molecule has 0 aromatic heterocycles. The minimum atomic E-state index is -0.212. The van der Waals surface area contributed by atoms with Gasteiger partial charge in [0.25, 0.3) is 0 Å². The first kappa shape index (κ1) is 17.9. The van der Waals surface area contributed by atoms with Crippen LogP contribution in [0.15, 0.2) is 30.3 Å². The predicted octanol–water partition coefficient (Wildman–Crippen LogP) is 2.01. The Labute approximate surface area is 149 Å². The number of carbonyl (C=O) groups excluding carboxylic acids is 2. The van der Waals surface area contributed by atoms with Gasteiger partial charge in [-0.25, -0.2) is 0 Å². The van der Waals surface area contributed by atoms with Crippen LogP contribution in [0.25, 0.3) is 0 Å². The number of ether oxygens (including phenoxy) is 1. The summed E-state index contributed by atoms with van der Waals surface area (Å²) in [6, 6.07) is 10.1. The number of hydrogen-bond donors (Lipinski definition) is 1. The molecule has 2 fully saturated rings. The molecule has 0 bridgehead atoms. The molecular weight excluding hydrogens is 316 g/mol. The highest BCUT2D eigenvalue weighted by Crippen LogP contribution is 2.28. The maximum Gasteiger partial charge on any atom is 0.225 e. The van der Waals surface area contributed by atoms with Crippen LogP contribution in [0, 0.1) is 11.8 Å². The largest absolute Gasteiger partial charge is 0.381 e. The lowest BCUT2D eigenvalue weighted by molar-refractivity contribution is -0.129. The smallest absolute Gasteiger partial charge is 0.225 e. The van der Waals surface area contributed by atoms with Crippen molar-refractivity contribution in [2.24, 2.45) is 11.8 Å². The van der Waals surface area contributed by atoms with Gasteiger partial charge in [0, 0.05) is 39.3 Å². The molecule has 1 aromatic rings. The van der Waals surface area contributed by atoms with Gasteiger partial charge in [0.15, 0.2) is 0 Å². The number of nitrogens with one attached hydrogen (secondary N) is 1. The summed E-state index contributed by atoms with van der Waals surface area (Å²) in [6.45, 7) is 3.40. The lowest BCUT2D eigenvalue weighted by Gasteiger charge is -2.16. The van der Waals surface area contributed by atoms with Gasteiger partial charge in [-0.3, -0.25) is 9.59 Å². The minimum Gasteiger partial charge on any atom is -0.381 e. The maximum absolute atomic E-state index is 12.2. The van der Waals surface area contributed by atoms with Crippen LogP contribution in [-0.4, -0.2) is 49.6 Å². The lowest BCUT2D eigenvalue weighted by atomic mass is 10.1. The van der Waals surface area contributed by atoms with E-state index < -0.39 is 0 Å². The second-order valence-electron chi connectivity index (χ2n) is 7.14. The Kier molecular flexibility index (Phi) is 6.45. The van der Waals surface area contributed by atoms with Gasteiger partial charge in [-0.05, 0) is 37.2 Å². The molecule has 136 valence electrons. The summed E-state index contributed by atoms with van der Waals surface area (Å²) < 4.78 is 5.56. The van der Waals surface area contributed by atoms with Gasteiger partial charge in [0.2, 0.25) is 11.8 Å². The molecule has 1 aliphatic carbocycles. The van der Waals surface area contributed by atoms with Gasteiger partial charge in [-0.2, -0.15) is 0 Å². The van der Waals surface area contributed by atoms with E-state index in [4.69, 9.17) is 4.74 Å². The maximum atomic E-state index is 12.2. The van der Waals surface area contributed by atoms with Crippen molar-refractivity contribution in [1.82, 2.24) is 10.2 Å². The summed E-state index contributed by atoms with van der Waals surface area (Å²) in [7, 11) is 0. The number of rotatable bonds is 10. The van der Waals surface area contributed by atoms with Crippen LogP contribution < -0.4 is 5.32 Å². The van der Waals surface area contributed by atoms with Crippen molar-refractivity contribution in [3.63, 3.8) is 0 Å². The van der Waals surface area contributed by atoms with E-state index in [1.165, 1.54) is 18.4 Å². The zero-order valence-electron chi connectivity index (χ0n) is 14.8. The van der Waals surface area contributed by atoms with Crippen LogP contribution in [0.1, 0.15) is 31.2 Å². The van der Waals surface area contributed by atoms with E-state index in [0.29, 0.717) is 32.7 Å². The van der Waals surface area contributed by atoms with E-state index in [2.05, 4.69) is 17.4 Å². The molecule has 0 radical (unpaired) electrons. The zero-order chi connectivity index (χ0) is 17.5. The first-order chi connectivity index (χ1) is 12.2. The third-order valence-corrected chi connectivity index (χ3v) is 4.91.